The topological polar surface area (TPSA) is 102 Å². The molecule has 0 saturated carbocycles. The van der Waals surface area contributed by atoms with Gasteiger partial charge in [-0.05, 0) is 37.3 Å². The van der Waals surface area contributed by atoms with Crippen LogP contribution in [0.15, 0.2) is 53.4 Å². The second-order valence-corrected chi connectivity index (χ2v) is 8.00. The number of nitrogens with one attached hydrogen (secondary N) is 2. The highest BCUT2D eigenvalue weighted by atomic mass is 32.2. The Labute approximate surface area is 151 Å². The highest BCUT2D eigenvalue weighted by molar-refractivity contribution is 7.91. The molecule has 1 atom stereocenters. The molecule has 0 radical (unpaired) electrons. The van der Waals surface area contributed by atoms with Crippen molar-refractivity contribution < 1.29 is 22.7 Å². The zero-order chi connectivity index (χ0) is 18.7. The molecule has 136 valence electrons. The van der Waals surface area contributed by atoms with Gasteiger partial charge in [0.2, 0.25) is 5.91 Å². The summed E-state index contributed by atoms with van der Waals surface area (Å²) < 4.78 is 29.8. The van der Waals surface area contributed by atoms with E-state index in [1.807, 2.05) is 0 Å². The second-order valence-electron chi connectivity index (χ2n) is 5.89. The molecule has 0 bridgehead atoms. The molecule has 0 fully saturated rings. The van der Waals surface area contributed by atoms with Crippen LogP contribution in [0.5, 0.6) is 5.75 Å². The lowest BCUT2D eigenvalue weighted by Crippen LogP contribution is -2.34. The van der Waals surface area contributed by atoms with Crippen molar-refractivity contribution in [3.8, 4) is 5.75 Å². The van der Waals surface area contributed by atoms with Crippen LogP contribution in [0.1, 0.15) is 13.3 Å². The largest absolute Gasteiger partial charge is 0.479 e. The number of anilines is 2. The summed E-state index contributed by atoms with van der Waals surface area (Å²) >= 11 is 0. The fourth-order valence-electron chi connectivity index (χ4n) is 2.48. The molecule has 3 rings (SSSR count). The lowest BCUT2D eigenvalue weighted by molar-refractivity contribution is -0.122. The van der Waals surface area contributed by atoms with Crippen molar-refractivity contribution in [2.75, 3.05) is 16.4 Å². The first kappa shape index (κ1) is 17.9. The average molecular weight is 374 g/mol. The van der Waals surface area contributed by atoms with Crippen molar-refractivity contribution in [1.82, 2.24) is 0 Å². The zero-order valence-electron chi connectivity index (χ0n) is 14.1. The van der Waals surface area contributed by atoms with Crippen molar-refractivity contribution in [3.63, 3.8) is 0 Å². The van der Waals surface area contributed by atoms with Crippen molar-refractivity contribution in [1.29, 1.82) is 0 Å². The van der Waals surface area contributed by atoms with Gasteiger partial charge in [-0.25, -0.2) is 8.42 Å². The number of ether oxygens (including phenoxy) is 1. The molecule has 26 heavy (non-hydrogen) atoms. The smallest absolute Gasteiger partial charge is 0.265 e. The molecule has 1 aliphatic heterocycles. The molecule has 7 nitrogen and oxygen atoms in total. The van der Waals surface area contributed by atoms with Gasteiger partial charge in [-0.1, -0.05) is 18.2 Å². The molecule has 1 aliphatic rings. The van der Waals surface area contributed by atoms with Gasteiger partial charge in [-0.3, -0.25) is 9.59 Å². The van der Waals surface area contributed by atoms with E-state index in [4.69, 9.17) is 4.74 Å². The summed E-state index contributed by atoms with van der Waals surface area (Å²) in [6.45, 7) is 1.64. The number of sulfone groups is 1. The van der Waals surface area contributed by atoms with Gasteiger partial charge in [0.25, 0.3) is 5.91 Å². The monoisotopic (exact) mass is 374 g/mol. The fourth-order valence-corrected chi connectivity index (χ4v) is 3.74. The summed E-state index contributed by atoms with van der Waals surface area (Å²) in [6, 6.07) is 12.8. The Morgan fingerprint density at radius 3 is 2.65 bits per heavy atom. The zero-order valence-corrected chi connectivity index (χ0v) is 14.9. The predicted octanol–water partition coefficient (Wildman–Crippen LogP) is 2.21. The number of amides is 2. The third-order valence-corrected chi connectivity index (χ3v) is 5.63. The summed E-state index contributed by atoms with van der Waals surface area (Å²) in [4.78, 5) is 23.9. The molecule has 8 heteroatoms. The van der Waals surface area contributed by atoms with E-state index in [1.165, 1.54) is 12.1 Å². The van der Waals surface area contributed by atoms with Gasteiger partial charge < -0.3 is 15.4 Å². The first-order valence-electron chi connectivity index (χ1n) is 8.04. The van der Waals surface area contributed by atoms with E-state index in [-0.39, 0.29) is 23.0 Å². The molecule has 2 amide bonds. The summed E-state index contributed by atoms with van der Waals surface area (Å²) in [5, 5.41) is 5.32. The SMILES string of the molecule is C[C@@H]1Oc2ccc(NC(=O)CCS(=O)(=O)c3ccccc3)cc2NC1=O. The van der Waals surface area contributed by atoms with E-state index in [2.05, 4.69) is 10.6 Å². The van der Waals surface area contributed by atoms with E-state index in [1.54, 1.807) is 43.3 Å². The Hall–Kier alpha value is -2.87. The maximum Gasteiger partial charge on any atom is 0.265 e. The molecular weight excluding hydrogens is 356 g/mol. The van der Waals surface area contributed by atoms with E-state index in [0.29, 0.717) is 17.1 Å². The predicted molar refractivity (Wildman–Crippen MR) is 96.9 cm³/mol. The lowest BCUT2D eigenvalue weighted by atomic mass is 10.2. The van der Waals surface area contributed by atoms with Crippen LogP contribution in [0.25, 0.3) is 0 Å². The second kappa shape index (κ2) is 7.17. The maximum absolute atomic E-state index is 12.2. The van der Waals surface area contributed by atoms with Crippen LogP contribution in [-0.2, 0) is 19.4 Å². The van der Waals surface area contributed by atoms with Crippen LogP contribution >= 0.6 is 0 Å². The molecule has 1 heterocycles. The van der Waals surface area contributed by atoms with Crippen molar-refractivity contribution in [2.45, 2.75) is 24.3 Å². The van der Waals surface area contributed by atoms with E-state index >= 15 is 0 Å². The molecule has 2 aromatic rings. The van der Waals surface area contributed by atoms with E-state index in [9.17, 15) is 18.0 Å². The first-order chi connectivity index (χ1) is 12.3. The Kier molecular flexibility index (Phi) is 4.94. The van der Waals surface area contributed by atoms with Gasteiger partial charge in [-0.2, -0.15) is 0 Å². The normalized spacial score (nSPS) is 16.2. The van der Waals surface area contributed by atoms with Crippen molar-refractivity contribution >= 4 is 33.0 Å². The van der Waals surface area contributed by atoms with Crippen molar-refractivity contribution in [2.24, 2.45) is 0 Å². The Morgan fingerprint density at radius 2 is 1.92 bits per heavy atom. The molecule has 2 N–H and O–H groups in total. The maximum atomic E-state index is 12.2. The third-order valence-electron chi connectivity index (χ3n) is 3.89. The number of rotatable bonds is 5. The standard InChI is InChI=1S/C18H18N2O5S/c1-12-18(22)20-15-11-13(7-8-16(15)25-12)19-17(21)9-10-26(23,24)14-5-3-2-4-6-14/h2-8,11-12H,9-10H2,1H3,(H,19,21)(H,20,22)/t12-/m0/s1. The quantitative estimate of drug-likeness (QED) is 0.835. The summed E-state index contributed by atoms with van der Waals surface area (Å²) in [6.07, 6.45) is -0.750. The van der Waals surface area contributed by atoms with Crippen LogP contribution < -0.4 is 15.4 Å². The van der Waals surface area contributed by atoms with Gasteiger partial charge in [0, 0.05) is 12.1 Å². The number of benzene rings is 2. The minimum Gasteiger partial charge on any atom is -0.479 e. The number of hydrogen-bond donors (Lipinski definition) is 2. The van der Waals surface area contributed by atoms with Crippen LogP contribution in [0.3, 0.4) is 0 Å². The Bertz CT molecular complexity index is 941. The highest BCUT2D eigenvalue weighted by Gasteiger charge is 2.23. The van der Waals surface area contributed by atoms with Crippen LogP contribution in [0.4, 0.5) is 11.4 Å². The summed E-state index contributed by atoms with van der Waals surface area (Å²) in [5.41, 5.74) is 0.909. The summed E-state index contributed by atoms with van der Waals surface area (Å²) in [5.74, 6) is -0.469. The fraction of sp³-hybridized carbons (Fsp3) is 0.222. The Balaban J connectivity index is 1.62. The van der Waals surface area contributed by atoms with Crippen molar-refractivity contribution in [3.05, 3.63) is 48.5 Å². The molecule has 0 aliphatic carbocycles. The number of carbonyl (C=O) groups excluding carboxylic acids is 2. The third kappa shape index (κ3) is 4.02. The first-order valence-corrected chi connectivity index (χ1v) is 9.69. The van der Waals surface area contributed by atoms with Gasteiger partial charge >= 0.3 is 0 Å². The molecule has 0 saturated heterocycles. The molecule has 2 aromatic carbocycles. The van der Waals surface area contributed by atoms with Crippen LogP contribution in [0, 0.1) is 0 Å². The van der Waals surface area contributed by atoms with Gasteiger partial charge in [0.1, 0.15) is 5.75 Å². The number of hydrogen-bond acceptors (Lipinski definition) is 5. The van der Waals surface area contributed by atoms with Crippen LogP contribution in [-0.4, -0.2) is 32.1 Å². The molecule has 0 unspecified atom stereocenters. The number of fused-ring (bicyclic) bond motifs is 1. The number of carbonyl (C=O) groups is 2. The summed E-state index contributed by atoms with van der Waals surface area (Å²) in [7, 11) is -3.51. The average Bonchev–Trinajstić information content (AvgIpc) is 2.62. The van der Waals surface area contributed by atoms with Gasteiger partial charge in [0.05, 0.1) is 16.3 Å². The minimum atomic E-state index is -3.51. The van der Waals surface area contributed by atoms with Crippen LogP contribution in [0.2, 0.25) is 0 Å². The highest BCUT2D eigenvalue weighted by Crippen LogP contribution is 2.32. The molecular formula is C18H18N2O5S. The van der Waals surface area contributed by atoms with Gasteiger partial charge in [0.15, 0.2) is 15.9 Å². The van der Waals surface area contributed by atoms with Gasteiger partial charge in [-0.15, -0.1) is 0 Å². The van der Waals surface area contributed by atoms with E-state index < -0.39 is 21.8 Å². The lowest BCUT2D eigenvalue weighted by Gasteiger charge is -2.23. The minimum absolute atomic E-state index is 0.172. The molecule has 0 aromatic heterocycles. The van der Waals surface area contributed by atoms with E-state index in [0.717, 1.165) is 0 Å². The Morgan fingerprint density at radius 1 is 1.19 bits per heavy atom. The molecule has 0 spiro atoms.